The van der Waals surface area contributed by atoms with Crippen LogP contribution in [0.1, 0.15) is 44.7 Å². The molecular weight excluding hydrogens is 386 g/mol. The maximum atomic E-state index is 12.6. The van der Waals surface area contributed by atoms with Crippen molar-refractivity contribution in [3.8, 4) is 11.5 Å². The molecule has 2 N–H and O–H groups in total. The van der Waals surface area contributed by atoms with Gasteiger partial charge in [0, 0.05) is 18.3 Å². The number of fused-ring (bicyclic) bond motifs is 1. The summed E-state index contributed by atoms with van der Waals surface area (Å²) in [5.74, 6) is 1.18. The zero-order valence-corrected chi connectivity index (χ0v) is 17.5. The molecule has 1 saturated heterocycles. The van der Waals surface area contributed by atoms with Gasteiger partial charge in [0.05, 0.1) is 18.2 Å². The van der Waals surface area contributed by atoms with Crippen molar-refractivity contribution in [2.45, 2.75) is 45.2 Å². The van der Waals surface area contributed by atoms with E-state index in [1.807, 2.05) is 19.1 Å². The van der Waals surface area contributed by atoms with Crippen LogP contribution in [0.5, 0.6) is 11.5 Å². The van der Waals surface area contributed by atoms with Gasteiger partial charge in [-0.25, -0.2) is 9.59 Å². The van der Waals surface area contributed by atoms with Gasteiger partial charge < -0.3 is 24.8 Å². The second kappa shape index (κ2) is 8.95. The van der Waals surface area contributed by atoms with Crippen LogP contribution in [-0.4, -0.2) is 55.9 Å². The summed E-state index contributed by atoms with van der Waals surface area (Å²) in [6.45, 7) is 6.52. The molecule has 0 unspecified atom stereocenters. The summed E-state index contributed by atoms with van der Waals surface area (Å²) >= 11 is 0. The predicted molar refractivity (Wildman–Crippen MR) is 110 cm³/mol. The lowest BCUT2D eigenvalue weighted by Crippen LogP contribution is -2.52. The number of carbonyl (C=O) groups excluding carboxylic acids is 2. The fraction of sp³-hybridized carbons (Fsp3) is 0.545. The van der Waals surface area contributed by atoms with Crippen LogP contribution in [0.25, 0.3) is 0 Å². The number of hydrogen-bond donors (Lipinski definition) is 2. The van der Waals surface area contributed by atoms with Gasteiger partial charge >= 0.3 is 12.0 Å². The van der Waals surface area contributed by atoms with Crippen LogP contribution >= 0.6 is 0 Å². The van der Waals surface area contributed by atoms with Gasteiger partial charge in [0.15, 0.2) is 11.5 Å². The topological polar surface area (TPSA) is 89.1 Å². The SMILES string of the molecule is CCOC(=O)C1=C(CN2CCC[C@@H]2c2ccc3c(c2)OCCO3)NC(=O)N[C@H]1CC. The summed E-state index contributed by atoms with van der Waals surface area (Å²) in [5, 5.41) is 5.69. The molecule has 0 aromatic heterocycles. The Kier molecular flexibility index (Phi) is 6.13. The molecule has 1 fully saturated rings. The maximum Gasteiger partial charge on any atom is 0.337 e. The largest absolute Gasteiger partial charge is 0.486 e. The van der Waals surface area contributed by atoms with Crippen LogP contribution in [0.15, 0.2) is 29.5 Å². The highest BCUT2D eigenvalue weighted by atomic mass is 16.6. The number of benzene rings is 1. The van der Waals surface area contributed by atoms with E-state index in [0.717, 1.165) is 36.4 Å². The van der Waals surface area contributed by atoms with E-state index in [9.17, 15) is 9.59 Å². The lowest BCUT2D eigenvalue weighted by molar-refractivity contribution is -0.139. The summed E-state index contributed by atoms with van der Waals surface area (Å²) < 4.78 is 16.7. The molecule has 162 valence electrons. The van der Waals surface area contributed by atoms with Crippen molar-refractivity contribution < 1.29 is 23.8 Å². The van der Waals surface area contributed by atoms with Crippen LogP contribution in [0, 0.1) is 0 Å². The van der Waals surface area contributed by atoms with Gasteiger partial charge in [0.25, 0.3) is 0 Å². The minimum absolute atomic E-state index is 0.184. The summed E-state index contributed by atoms with van der Waals surface area (Å²) in [6.07, 6.45) is 2.67. The van der Waals surface area contributed by atoms with E-state index < -0.39 is 0 Å². The molecule has 0 bridgehead atoms. The number of hydrogen-bond acceptors (Lipinski definition) is 6. The zero-order chi connectivity index (χ0) is 21.1. The van der Waals surface area contributed by atoms with Gasteiger partial charge in [-0.1, -0.05) is 13.0 Å². The maximum absolute atomic E-state index is 12.6. The molecule has 1 aromatic carbocycles. The van der Waals surface area contributed by atoms with E-state index in [4.69, 9.17) is 14.2 Å². The number of nitrogens with zero attached hydrogens (tertiary/aromatic N) is 1. The second-order valence-corrected chi connectivity index (χ2v) is 7.70. The molecule has 2 atom stereocenters. The molecule has 4 rings (SSSR count). The Morgan fingerprint density at radius 2 is 2.03 bits per heavy atom. The summed E-state index contributed by atoms with van der Waals surface area (Å²) in [7, 11) is 0. The van der Waals surface area contributed by atoms with Gasteiger partial charge in [0.1, 0.15) is 13.2 Å². The molecule has 3 heterocycles. The van der Waals surface area contributed by atoms with Crippen molar-refractivity contribution in [3.05, 3.63) is 35.0 Å². The predicted octanol–water partition coefficient (Wildman–Crippen LogP) is 2.50. The lowest BCUT2D eigenvalue weighted by atomic mass is 9.99. The monoisotopic (exact) mass is 415 g/mol. The summed E-state index contributed by atoms with van der Waals surface area (Å²) in [4.78, 5) is 27.2. The molecule has 3 aliphatic rings. The number of urea groups is 1. The van der Waals surface area contributed by atoms with E-state index in [0.29, 0.717) is 44.1 Å². The van der Waals surface area contributed by atoms with Crippen molar-refractivity contribution in [3.63, 3.8) is 0 Å². The first-order chi connectivity index (χ1) is 14.6. The third kappa shape index (κ3) is 4.09. The summed E-state index contributed by atoms with van der Waals surface area (Å²) in [5.41, 5.74) is 2.31. The molecule has 1 aromatic rings. The van der Waals surface area contributed by atoms with Crippen molar-refractivity contribution in [1.82, 2.24) is 15.5 Å². The minimum atomic E-state index is -0.373. The fourth-order valence-corrected chi connectivity index (χ4v) is 4.45. The molecule has 30 heavy (non-hydrogen) atoms. The van der Waals surface area contributed by atoms with Crippen molar-refractivity contribution in [2.24, 2.45) is 0 Å². The number of likely N-dealkylation sites (tertiary alicyclic amines) is 1. The van der Waals surface area contributed by atoms with Crippen LogP contribution in [-0.2, 0) is 9.53 Å². The lowest BCUT2D eigenvalue weighted by Gasteiger charge is -2.32. The highest BCUT2D eigenvalue weighted by molar-refractivity contribution is 5.94. The average Bonchev–Trinajstić information content (AvgIpc) is 3.21. The van der Waals surface area contributed by atoms with E-state index in [2.05, 4.69) is 21.6 Å². The number of nitrogens with one attached hydrogen (secondary N) is 2. The standard InChI is InChI=1S/C22H29N3O5/c1-3-15-20(21(26)28-4-2)16(24-22(27)23-15)13-25-9-5-6-17(25)14-7-8-18-19(12-14)30-11-10-29-18/h7-8,12,15,17H,3-6,9-11,13H2,1-2H3,(H2,23,24,27)/t15-,17+/m0/s1. The Labute approximate surface area is 176 Å². The number of carbonyl (C=O) groups is 2. The number of ether oxygens (including phenoxy) is 3. The molecule has 8 nitrogen and oxygen atoms in total. The summed E-state index contributed by atoms with van der Waals surface area (Å²) in [6, 6.07) is 5.65. The van der Waals surface area contributed by atoms with Crippen LogP contribution < -0.4 is 20.1 Å². The Balaban J connectivity index is 1.60. The van der Waals surface area contributed by atoms with Gasteiger partial charge in [-0.15, -0.1) is 0 Å². The first-order valence-electron chi connectivity index (χ1n) is 10.7. The molecule has 0 spiro atoms. The molecule has 0 saturated carbocycles. The molecular formula is C22H29N3O5. The molecule has 8 heteroatoms. The van der Waals surface area contributed by atoms with E-state index in [-0.39, 0.29) is 24.1 Å². The number of esters is 1. The van der Waals surface area contributed by atoms with Crippen molar-refractivity contribution in [1.29, 1.82) is 0 Å². The quantitative estimate of drug-likeness (QED) is 0.694. The molecule has 0 aliphatic carbocycles. The van der Waals surface area contributed by atoms with Crippen LogP contribution in [0.3, 0.4) is 0 Å². The van der Waals surface area contributed by atoms with Gasteiger partial charge in [-0.2, -0.15) is 0 Å². The van der Waals surface area contributed by atoms with E-state index in [1.165, 1.54) is 0 Å². The minimum Gasteiger partial charge on any atom is -0.486 e. The molecule has 3 aliphatic heterocycles. The van der Waals surface area contributed by atoms with Crippen molar-refractivity contribution in [2.75, 3.05) is 32.9 Å². The molecule has 0 radical (unpaired) electrons. The first kappa shape index (κ1) is 20.5. The third-order valence-corrected chi connectivity index (χ3v) is 5.82. The average molecular weight is 415 g/mol. The highest BCUT2D eigenvalue weighted by Crippen LogP contribution is 2.38. The highest BCUT2D eigenvalue weighted by Gasteiger charge is 2.35. The Morgan fingerprint density at radius 1 is 1.23 bits per heavy atom. The zero-order valence-electron chi connectivity index (χ0n) is 17.5. The van der Waals surface area contributed by atoms with Crippen LogP contribution in [0.4, 0.5) is 4.79 Å². The normalized spacial score (nSPS) is 23.7. The first-order valence-corrected chi connectivity index (χ1v) is 10.7. The van der Waals surface area contributed by atoms with Crippen molar-refractivity contribution >= 4 is 12.0 Å². The van der Waals surface area contributed by atoms with E-state index >= 15 is 0 Å². The third-order valence-electron chi connectivity index (χ3n) is 5.82. The number of rotatable bonds is 6. The Bertz CT molecular complexity index is 853. The number of amides is 2. The second-order valence-electron chi connectivity index (χ2n) is 7.70. The Morgan fingerprint density at radius 3 is 2.80 bits per heavy atom. The fourth-order valence-electron chi connectivity index (χ4n) is 4.45. The van der Waals surface area contributed by atoms with Gasteiger partial charge in [0.2, 0.25) is 0 Å². The Hall–Kier alpha value is -2.74. The smallest absolute Gasteiger partial charge is 0.337 e. The van der Waals surface area contributed by atoms with Gasteiger partial charge in [-0.05, 0) is 50.4 Å². The molecule has 2 amide bonds. The van der Waals surface area contributed by atoms with Gasteiger partial charge in [-0.3, -0.25) is 4.90 Å². The van der Waals surface area contributed by atoms with Crippen LogP contribution in [0.2, 0.25) is 0 Å². The van der Waals surface area contributed by atoms with E-state index in [1.54, 1.807) is 6.92 Å².